The van der Waals surface area contributed by atoms with E-state index in [1.165, 1.54) is 31.4 Å². The normalized spacial score (nSPS) is 17.2. The van der Waals surface area contributed by atoms with Crippen molar-refractivity contribution < 1.29 is 31.8 Å². The van der Waals surface area contributed by atoms with Gasteiger partial charge < -0.3 is 19.3 Å². The molecule has 5 rings (SSSR count). The number of rotatable bonds is 2. The summed E-state index contributed by atoms with van der Waals surface area (Å²) in [6.07, 6.45) is -4.54. The molecule has 0 bridgehead atoms. The number of nitrogens with zero attached hydrogens (tertiary/aromatic N) is 3. The Bertz CT molecular complexity index is 1390. The number of carbonyl (C=O) groups excluding carboxylic acids is 1. The van der Waals surface area contributed by atoms with E-state index in [0.717, 1.165) is 12.1 Å². The van der Waals surface area contributed by atoms with Crippen molar-refractivity contribution in [1.82, 2.24) is 9.80 Å². The molecule has 192 valence electrons. The van der Waals surface area contributed by atoms with E-state index < -0.39 is 17.6 Å². The fourth-order valence-electron chi connectivity index (χ4n) is 4.54. The first kappa shape index (κ1) is 24.6. The lowest BCUT2D eigenvalue weighted by Gasteiger charge is -2.41. The van der Waals surface area contributed by atoms with E-state index in [9.17, 15) is 22.4 Å². The molecular weight excluding hydrogens is 490 g/mol. The second-order valence-corrected chi connectivity index (χ2v) is 8.88. The SMILES string of the molecule is COc1ccc2c(c1)C(N1CCN(C(=O)c3cccc(F)c3)[C@@H](C)C1)=Nc1cc(C(F)(F)F)ccc1O2. The number of carbonyl (C=O) groups is 1. The number of ether oxygens (including phenoxy) is 2. The van der Waals surface area contributed by atoms with Crippen LogP contribution in [0, 0.1) is 5.82 Å². The van der Waals surface area contributed by atoms with E-state index in [1.54, 1.807) is 29.2 Å². The van der Waals surface area contributed by atoms with Crippen LogP contribution in [0.25, 0.3) is 0 Å². The van der Waals surface area contributed by atoms with Crippen LogP contribution >= 0.6 is 0 Å². The van der Waals surface area contributed by atoms with E-state index in [4.69, 9.17) is 9.47 Å². The van der Waals surface area contributed by atoms with Gasteiger partial charge >= 0.3 is 6.18 Å². The molecule has 0 aromatic heterocycles. The first-order chi connectivity index (χ1) is 17.6. The molecule has 1 atom stereocenters. The average Bonchev–Trinajstić information content (AvgIpc) is 3.03. The third-order valence-corrected chi connectivity index (χ3v) is 6.42. The minimum Gasteiger partial charge on any atom is -0.497 e. The number of hydrogen-bond acceptors (Lipinski definition) is 5. The molecule has 0 aliphatic carbocycles. The van der Waals surface area contributed by atoms with Crippen LogP contribution in [-0.4, -0.2) is 54.3 Å². The number of amides is 1. The molecule has 3 aromatic carbocycles. The monoisotopic (exact) mass is 513 g/mol. The second kappa shape index (κ2) is 9.42. The Morgan fingerprint density at radius 2 is 1.84 bits per heavy atom. The number of aliphatic imine (C=N–C) groups is 1. The Kier molecular flexibility index (Phi) is 6.26. The van der Waals surface area contributed by atoms with Crippen molar-refractivity contribution in [2.75, 3.05) is 26.7 Å². The van der Waals surface area contributed by atoms with Crippen LogP contribution in [0.2, 0.25) is 0 Å². The quantitative estimate of drug-likeness (QED) is 0.402. The van der Waals surface area contributed by atoms with Gasteiger partial charge in [-0.05, 0) is 61.5 Å². The molecule has 10 heteroatoms. The molecule has 2 aliphatic rings. The van der Waals surface area contributed by atoms with Gasteiger partial charge in [-0.1, -0.05) is 6.07 Å². The van der Waals surface area contributed by atoms with Gasteiger partial charge in [0.1, 0.15) is 28.8 Å². The maximum absolute atomic E-state index is 13.7. The van der Waals surface area contributed by atoms with Gasteiger partial charge in [0.15, 0.2) is 5.75 Å². The minimum absolute atomic E-state index is 0.0471. The minimum atomic E-state index is -4.54. The van der Waals surface area contributed by atoms with Crippen LogP contribution in [-0.2, 0) is 6.18 Å². The number of halogens is 4. The highest BCUT2D eigenvalue weighted by Crippen LogP contribution is 2.42. The van der Waals surface area contributed by atoms with Crippen LogP contribution in [0.15, 0.2) is 65.7 Å². The Labute approximate surface area is 210 Å². The first-order valence-electron chi connectivity index (χ1n) is 11.6. The number of benzene rings is 3. The lowest BCUT2D eigenvalue weighted by Crippen LogP contribution is -2.55. The molecule has 0 N–H and O–H groups in total. The van der Waals surface area contributed by atoms with Crippen LogP contribution in [0.3, 0.4) is 0 Å². The number of hydrogen-bond donors (Lipinski definition) is 0. The van der Waals surface area contributed by atoms with Crippen LogP contribution < -0.4 is 9.47 Å². The van der Waals surface area contributed by atoms with Crippen molar-refractivity contribution in [2.24, 2.45) is 4.99 Å². The number of alkyl halides is 3. The van der Waals surface area contributed by atoms with Crippen molar-refractivity contribution in [1.29, 1.82) is 0 Å². The zero-order valence-electron chi connectivity index (χ0n) is 20.1. The number of amidine groups is 1. The fraction of sp³-hybridized carbons (Fsp3) is 0.259. The molecule has 37 heavy (non-hydrogen) atoms. The van der Waals surface area contributed by atoms with E-state index >= 15 is 0 Å². The molecule has 1 amide bonds. The Balaban J connectivity index is 1.51. The number of fused-ring (bicyclic) bond motifs is 2. The molecule has 2 aliphatic heterocycles. The summed E-state index contributed by atoms with van der Waals surface area (Å²) in [5.41, 5.74) is 0.0247. The van der Waals surface area contributed by atoms with Gasteiger partial charge in [0.05, 0.1) is 18.2 Å². The highest BCUT2D eigenvalue weighted by Gasteiger charge is 2.34. The first-order valence-corrected chi connectivity index (χ1v) is 11.6. The molecule has 0 radical (unpaired) electrons. The summed E-state index contributed by atoms with van der Waals surface area (Å²) in [6.45, 7) is 2.88. The summed E-state index contributed by atoms with van der Waals surface area (Å²) in [5, 5.41) is 0. The predicted molar refractivity (Wildman–Crippen MR) is 129 cm³/mol. The third-order valence-electron chi connectivity index (χ3n) is 6.42. The standard InChI is InChI=1S/C27H23F4N3O3/c1-16-15-33(10-11-34(16)26(35)17-4-3-5-19(28)12-17)25-21-14-20(36-2)7-9-23(21)37-24-8-6-18(27(29,30)31)13-22(24)32-25/h3-9,12-14,16H,10-11,15H2,1-2H3/t16-/m0/s1. The molecule has 0 spiro atoms. The van der Waals surface area contributed by atoms with E-state index in [0.29, 0.717) is 42.5 Å². The van der Waals surface area contributed by atoms with Gasteiger partial charge in [0, 0.05) is 31.2 Å². The molecule has 1 saturated heterocycles. The van der Waals surface area contributed by atoms with E-state index in [1.807, 2.05) is 11.8 Å². The smallest absolute Gasteiger partial charge is 0.416 e. The van der Waals surface area contributed by atoms with Gasteiger partial charge in [-0.2, -0.15) is 13.2 Å². The van der Waals surface area contributed by atoms with Gasteiger partial charge in [-0.3, -0.25) is 4.79 Å². The van der Waals surface area contributed by atoms with Crippen molar-refractivity contribution in [3.63, 3.8) is 0 Å². The Morgan fingerprint density at radius 1 is 1.05 bits per heavy atom. The summed E-state index contributed by atoms with van der Waals surface area (Å²) < 4.78 is 65.3. The summed E-state index contributed by atoms with van der Waals surface area (Å²) in [6, 6.07) is 13.5. The lowest BCUT2D eigenvalue weighted by atomic mass is 10.1. The molecule has 6 nitrogen and oxygen atoms in total. The largest absolute Gasteiger partial charge is 0.497 e. The average molecular weight is 513 g/mol. The number of piperazine rings is 1. The molecule has 0 saturated carbocycles. The Hall–Kier alpha value is -4.08. The molecule has 3 aromatic rings. The van der Waals surface area contributed by atoms with Crippen molar-refractivity contribution in [2.45, 2.75) is 19.1 Å². The van der Waals surface area contributed by atoms with Crippen LogP contribution in [0.1, 0.15) is 28.4 Å². The van der Waals surface area contributed by atoms with E-state index in [-0.39, 0.29) is 28.9 Å². The highest BCUT2D eigenvalue weighted by molar-refractivity contribution is 6.04. The lowest BCUT2D eigenvalue weighted by molar-refractivity contribution is -0.137. The Morgan fingerprint density at radius 3 is 2.54 bits per heavy atom. The topological polar surface area (TPSA) is 54.4 Å². The summed E-state index contributed by atoms with van der Waals surface area (Å²) in [4.78, 5) is 21.2. The van der Waals surface area contributed by atoms with Gasteiger partial charge in [0.25, 0.3) is 5.91 Å². The summed E-state index contributed by atoms with van der Waals surface area (Å²) >= 11 is 0. The molecule has 0 unspecified atom stereocenters. The van der Waals surface area contributed by atoms with Gasteiger partial charge in [0.2, 0.25) is 0 Å². The maximum atomic E-state index is 13.7. The molecule has 2 heterocycles. The summed E-state index contributed by atoms with van der Waals surface area (Å²) in [5.74, 6) is 0.778. The van der Waals surface area contributed by atoms with Gasteiger partial charge in [-0.25, -0.2) is 9.38 Å². The number of methoxy groups -OCH3 is 1. The zero-order valence-corrected chi connectivity index (χ0v) is 20.1. The van der Waals surface area contributed by atoms with Crippen molar-refractivity contribution in [3.8, 4) is 17.2 Å². The molecule has 1 fully saturated rings. The van der Waals surface area contributed by atoms with Crippen molar-refractivity contribution in [3.05, 3.63) is 83.2 Å². The molecular formula is C27H23F4N3O3. The van der Waals surface area contributed by atoms with E-state index in [2.05, 4.69) is 4.99 Å². The van der Waals surface area contributed by atoms with Gasteiger partial charge in [-0.15, -0.1) is 0 Å². The third kappa shape index (κ3) is 4.83. The van der Waals surface area contributed by atoms with Crippen LogP contribution in [0.4, 0.5) is 23.2 Å². The predicted octanol–water partition coefficient (Wildman–Crippen LogP) is 5.88. The summed E-state index contributed by atoms with van der Waals surface area (Å²) in [7, 11) is 1.51. The maximum Gasteiger partial charge on any atom is 0.416 e. The highest BCUT2D eigenvalue weighted by atomic mass is 19.4. The van der Waals surface area contributed by atoms with Crippen LogP contribution in [0.5, 0.6) is 17.2 Å². The van der Waals surface area contributed by atoms with Crippen molar-refractivity contribution >= 4 is 17.4 Å². The second-order valence-electron chi connectivity index (χ2n) is 8.88. The zero-order chi connectivity index (χ0) is 26.3. The fourth-order valence-corrected chi connectivity index (χ4v) is 4.54.